The largest absolute Gasteiger partial charge is 0.338 e. The zero-order valence-corrected chi connectivity index (χ0v) is 26.4. The monoisotopic (exact) mass is 623 g/mol. The predicted octanol–water partition coefficient (Wildman–Crippen LogP) is 6.10. The Labute approximate surface area is 265 Å². The van der Waals surface area contributed by atoms with E-state index in [9.17, 15) is 4.39 Å². The van der Waals surface area contributed by atoms with Gasteiger partial charge in [-0.3, -0.25) is 0 Å². The quantitative estimate of drug-likeness (QED) is 0.140. The normalized spacial score (nSPS) is 9.89. The first-order valence-electron chi connectivity index (χ1n) is 14.1. The average molecular weight is 624 g/mol. The minimum atomic E-state index is -0.531. The number of aromatic nitrogens is 2. The van der Waals surface area contributed by atoms with Gasteiger partial charge in [0.2, 0.25) is 5.95 Å². The van der Waals surface area contributed by atoms with Crippen molar-refractivity contribution in [2.75, 3.05) is 50.9 Å². The fraction of sp³-hybridized carbons (Fsp3) is 0.273. The van der Waals surface area contributed by atoms with Gasteiger partial charge in [0, 0.05) is 35.1 Å². The van der Waals surface area contributed by atoms with Crippen LogP contribution in [0.2, 0.25) is 5.02 Å². The van der Waals surface area contributed by atoms with E-state index in [2.05, 4.69) is 55.6 Å². The van der Waals surface area contributed by atoms with Crippen molar-refractivity contribution in [1.29, 1.82) is 0 Å². The van der Waals surface area contributed by atoms with Crippen molar-refractivity contribution in [3.05, 3.63) is 95.4 Å². The lowest BCUT2D eigenvalue weighted by Crippen LogP contribution is -2.31. The van der Waals surface area contributed by atoms with Crippen LogP contribution in [0.3, 0.4) is 0 Å². The second-order valence-corrected chi connectivity index (χ2v) is 9.44. The van der Waals surface area contributed by atoms with E-state index in [1.54, 1.807) is 0 Å². The van der Waals surface area contributed by atoms with Gasteiger partial charge in [-0.1, -0.05) is 61.0 Å². The Morgan fingerprint density at radius 2 is 1.50 bits per heavy atom. The lowest BCUT2D eigenvalue weighted by Gasteiger charge is -2.20. The van der Waals surface area contributed by atoms with Crippen molar-refractivity contribution in [2.24, 2.45) is 5.73 Å². The zero-order chi connectivity index (χ0) is 32.7. The molecule has 0 aliphatic heterocycles. The molecule has 1 aromatic heterocycles. The van der Waals surface area contributed by atoms with Crippen LogP contribution in [0.25, 0.3) is 11.1 Å². The molecule has 0 radical (unpaired) electrons. The standard InChI is InChI=1S/C30H34ClFN6.CH5N.2CH2O/c1-3-38(20-18-33-2)19-6-7-22-10-14-25(15-11-22)36-30-34-21-28(32)29(37-30)35-24-16-12-23(13-17-24)26-8-4-5-9-27(26)31;3*1-2/h4-5,8-17,21,33H,3,6-7,18-20H2,1-2H3,(H2,34,35,36,37);2H2,1H3;2*1H2. The highest BCUT2D eigenvalue weighted by Crippen LogP contribution is 2.29. The Hall–Kier alpha value is -4.22. The summed E-state index contributed by atoms with van der Waals surface area (Å²) in [5.41, 5.74) is 9.26. The molecule has 0 saturated carbocycles. The minimum Gasteiger partial charge on any atom is -0.338 e. The lowest BCUT2D eigenvalue weighted by molar-refractivity contribution is -0.0987. The van der Waals surface area contributed by atoms with Gasteiger partial charge < -0.3 is 36.2 Å². The highest BCUT2D eigenvalue weighted by molar-refractivity contribution is 6.33. The number of anilines is 4. The molecule has 0 unspecified atom stereocenters. The molecule has 0 saturated heterocycles. The number of hydrogen-bond donors (Lipinski definition) is 4. The van der Waals surface area contributed by atoms with Gasteiger partial charge in [-0.15, -0.1) is 0 Å². The maximum atomic E-state index is 14.5. The highest BCUT2D eigenvalue weighted by atomic mass is 35.5. The van der Waals surface area contributed by atoms with Crippen molar-refractivity contribution in [3.8, 4) is 11.1 Å². The summed E-state index contributed by atoms with van der Waals surface area (Å²) in [6.45, 7) is 10.4. The smallest absolute Gasteiger partial charge is 0.229 e. The number of halogens is 2. The summed E-state index contributed by atoms with van der Waals surface area (Å²) in [5.74, 6) is -0.113. The van der Waals surface area contributed by atoms with Crippen molar-refractivity contribution in [1.82, 2.24) is 20.2 Å². The summed E-state index contributed by atoms with van der Waals surface area (Å²) in [7, 11) is 3.49. The molecule has 11 heteroatoms. The summed E-state index contributed by atoms with van der Waals surface area (Å²) in [4.78, 5) is 26.9. The molecular formula is C33H43ClFN7O2. The second kappa shape index (κ2) is 22.3. The highest BCUT2D eigenvalue weighted by Gasteiger charge is 2.09. The molecule has 4 aromatic rings. The number of benzene rings is 3. The fourth-order valence-corrected chi connectivity index (χ4v) is 4.41. The van der Waals surface area contributed by atoms with Gasteiger partial charge in [-0.05, 0) is 81.5 Å². The van der Waals surface area contributed by atoms with Crippen LogP contribution in [0.4, 0.5) is 27.5 Å². The summed E-state index contributed by atoms with van der Waals surface area (Å²) < 4.78 is 14.5. The van der Waals surface area contributed by atoms with Gasteiger partial charge in [-0.25, -0.2) is 9.37 Å². The van der Waals surface area contributed by atoms with Crippen LogP contribution >= 0.6 is 11.6 Å². The number of nitrogens with one attached hydrogen (secondary N) is 3. The Bertz CT molecular complexity index is 1340. The van der Waals surface area contributed by atoms with Crippen LogP contribution in [0.1, 0.15) is 18.9 Å². The Kier molecular flexibility index (Phi) is 19.2. The van der Waals surface area contributed by atoms with Gasteiger partial charge in [0.05, 0.1) is 6.20 Å². The molecule has 0 fully saturated rings. The lowest BCUT2D eigenvalue weighted by atomic mass is 10.1. The van der Waals surface area contributed by atoms with Crippen molar-refractivity contribution >= 4 is 48.3 Å². The molecule has 0 atom stereocenters. The summed E-state index contributed by atoms with van der Waals surface area (Å²) in [6.07, 6.45) is 3.30. The van der Waals surface area contributed by atoms with Crippen LogP contribution < -0.4 is 21.7 Å². The van der Waals surface area contributed by atoms with Crippen LogP contribution in [-0.2, 0) is 16.0 Å². The zero-order valence-electron chi connectivity index (χ0n) is 25.7. The maximum absolute atomic E-state index is 14.5. The van der Waals surface area contributed by atoms with E-state index in [0.717, 1.165) is 62.0 Å². The van der Waals surface area contributed by atoms with Gasteiger partial charge in [-0.2, -0.15) is 4.98 Å². The molecule has 0 amide bonds. The first-order chi connectivity index (χ1) is 21.6. The van der Waals surface area contributed by atoms with Gasteiger partial charge in [0.1, 0.15) is 13.6 Å². The van der Waals surface area contributed by atoms with Crippen LogP contribution in [0.5, 0.6) is 0 Å². The average Bonchev–Trinajstić information content (AvgIpc) is 3.08. The van der Waals surface area contributed by atoms with E-state index in [1.807, 2.05) is 81.3 Å². The van der Waals surface area contributed by atoms with Crippen molar-refractivity contribution in [3.63, 3.8) is 0 Å². The molecule has 3 aromatic carbocycles. The number of carbonyl (C=O) groups excluding carboxylic acids is 2. The second-order valence-electron chi connectivity index (χ2n) is 9.04. The molecular weight excluding hydrogens is 581 g/mol. The molecule has 1 heterocycles. The minimum absolute atomic E-state index is 0.100. The molecule has 0 bridgehead atoms. The van der Waals surface area contributed by atoms with Crippen LogP contribution in [0, 0.1) is 5.82 Å². The van der Waals surface area contributed by atoms with E-state index in [4.69, 9.17) is 21.2 Å². The first kappa shape index (κ1) is 37.8. The number of hydrogen-bond acceptors (Lipinski definition) is 9. The van der Waals surface area contributed by atoms with E-state index in [0.29, 0.717) is 16.7 Å². The number of nitrogens with two attached hydrogens (primary N) is 1. The summed E-state index contributed by atoms with van der Waals surface area (Å²) >= 11 is 6.30. The SMILES string of the molecule is C=O.C=O.CCN(CCCc1ccc(Nc2ncc(F)c(Nc3ccc(-c4ccccc4Cl)cc3)n2)cc1)CCNC.CN. The van der Waals surface area contributed by atoms with Gasteiger partial charge in [0.25, 0.3) is 0 Å². The summed E-state index contributed by atoms with van der Waals surface area (Å²) in [5, 5.41) is 10.1. The maximum Gasteiger partial charge on any atom is 0.229 e. The van der Waals surface area contributed by atoms with E-state index >= 15 is 0 Å². The Morgan fingerprint density at radius 1 is 0.886 bits per heavy atom. The molecule has 44 heavy (non-hydrogen) atoms. The van der Waals surface area contributed by atoms with E-state index < -0.39 is 5.82 Å². The first-order valence-corrected chi connectivity index (χ1v) is 14.5. The molecule has 0 spiro atoms. The third-order valence-electron chi connectivity index (χ3n) is 6.35. The number of rotatable bonds is 13. The molecule has 0 aliphatic rings. The number of aryl methyl sites for hydroxylation is 1. The number of carbonyl (C=O) groups is 2. The Balaban J connectivity index is 0.00000152. The summed E-state index contributed by atoms with van der Waals surface area (Å²) in [6, 6.07) is 23.5. The molecule has 0 aliphatic carbocycles. The van der Waals surface area contributed by atoms with Crippen LogP contribution in [-0.4, -0.2) is 68.7 Å². The van der Waals surface area contributed by atoms with E-state index in [-0.39, 0.29) is 5.82 Å². The van der Waals surface area contributed by atoms with Crippen molar-refractivity contribution < 1.29 is 14.0 Å². The predicted molar refractivity (Wildman–Crippen MR) is 181 cm³/mol. The molecule has 236 valence electrons. The molecule has 5 N–H and O–H groups in total. The van der Waals surface area contributed by atoms with Crippen molar-refractivity contribution in [2.45, 2.75) is 19.8 Å². The Morgan fingerprint density at radius 3 is 2.11 bits per heavy atom. The fourth-order valence-electron chi connectivity index (χ4n) is 4.17. The number of nitrogens with zero attached hydrogens (tertiary/aromatic N) is 3. The van der Waals surface area contributed by atoms with E-state index in [1.165, 1.54) is 12.6 Å². The molecule has 9 nitrogen and oxygen atoms in total. The topological polar surface area (TPSA) is 125 Å². The third kappa shape index (κ3) is 12.6. The third-order valence-corrected chi connectivity index (χ3v) is 6.68. The van der Waals surface area contributed by atoms with Gasteiger partial charge >= 0.3 is 0 Å². The van der Waals surface area contributed by atoms with Gasteiger partial charge in [0.15, 0.2) is 11.6 Å². The number of likely N-dealkylation sites (N-methyl/N-ethyl adjacent to an activating group) is 2. The molecule has 4 rings (SSSR count). The van der Waals surface area contributed by atoms with Crippen LogP contribution in [0.15, 0.2) is 79.0 Å².